The smallest absolute Gasteiger partial charge is 0.255 e. The zero-order valence-electron chi connectivity index (χ0n) is 14.1. The lowest BCUT2D eigenvalue weighted by atomic mass is 10.0. The molecule has 1 aliphatic heterocycles. The molecular formula is C19H20N2O2S. The highest BCUT2D eigenvalue weighted by atomic mass is 32.2. The SMILES string of the molecule is CSc1ccc(C)c(C(=O)Nc2ccc3c(c2)CCC(=O)N3C)c1. The summed E-state index contributed by atoms with van der Waals surface area (Å²) in [6.45, 7) is 1.94. The molecule has 2 amide bonds. The van der Waals surface area contributed by atoms with Gasteiger partial charge in [0.2, 0.25) is 5.91 Å². The van der Waals surface area contributed by atoms with Crippen molar-refractivity contribution in [1.29, 1.82) is 0 Å². The van der Waals surface area contributed by atoms with E-state index in [0.29, 0.717) is 18.4 Å². The van der Waals surface area contributed by atoms with E-state index in [0.717, 1.165) is 27.4 Å². The van der Waals surface area contributed by atoms with E-state index < -0.39 is 0 Å². The Morgan fingerprint density at radius 1 is 1.17 bits per heavy atom. The lowest BCUT2D eigenvalue weighted by Gasteiger charge is -2.26. The van der Waals surface area contributed by atoms with E-state index in [2.05, 4.69) is 5.32 Å². The Morgan fingerprint density at radius 2 is 1.96 bits per heavy atom. The molecule has 0 radical (unpaired) electrons. The number of hydrogen-bond donors (Lipinski definition) is 1. The number of carbonyl (C=O) groups is 2. The van der Waals surface area contributed by atoms with Crippen LogP contribution in [0.4, 0.5) is 11.4 Å². The number of benzene rings is 2. The Labute approximate surface area is 146 Å². The third-order valence-electron chi connectivity index (χ3n) is 4.37. The first-order valence-corrected chi connectivity index (χ1v) is 9.07. The molecule has 0 aliphatic carbocycles. The van der Waals surface area contributed by atoms with Crippen LogP contribution in [0.1, 0.15) is 27.9 Å². The minimum atomic E-state index is -0.108. The van der Waals surface area contributed by atoms with Gasteiger partial charge in [0.1, 0.15) is 0 Å². The van der Waals surface area contributed by atoms with Crippen LogP contribution in [0.15, 0.2) is 41.3 Å². The molecule has 0 spiro atoms. The van der Waals surface area contributed by atoms with Crippen molar-refractivity contribution in [3.63, 3.8) is 0 Å². The number of amides is 2. The van der Waals surface area contributed by atoms with Crippen molar-refractivity contribution < 1.29 is 9.59 Å². The topological polar surface area (TPSA) is 49.4 Å². The number of nitrogens with one attached hydrogen (secondary N) is 1. The third kappa shape index (κ3) is 3.17. The molecule has 0 aromatic heterocycles. The summed E-state index contributed by atoms with van der Waals surface area (Å²) in [4.78, 5) is 27.1. The van der Waals surface area contributed by atoms with Gasteiger partial charge >= 0.3 is 0 Å². The zero-order valence-corrected chi connectivity index (χ0v) is 14.9. The summed E-state index contributed by atoms with van der Waals surface area (Å²) in [5.41, 5.74) is 4.41. The van der Waals surface area contributed by atoms with Crippen LogP contribution in [-0.2, 0) is 11.2 Å². The Bertz CT molecular complexity index is 817. The van der Waals surface area contributed by atoms with Crippen LogP contribution in [0.2, 0.25) is 0 Å². The molecular weight excluding hydrogens is 320 g/mol. The van der Waals surface area contributed by atoms with Crippen LogP contribution < -0.4 is 10.2 Å². The molecule has 1 aliphatic rings. The second kappa shape index (κ2) is 6.69. The maximum Gasteiger partial charge on any atom is 0.255 e. The average molecular weight is 340 g/mol. The van der Waals surface area contributed by atoms with Gasteiger partial charge in [-0.1, -0.05) is 6.07 Å². The van der Waals surface area contributed by atoms with E-state index in [4.69, 9.17) is 0 Å². The number of aryl methyl sites for hydroxylation is 2. The highest BCUT2D eigenvalue weighted by Gasteiger charge is 2.21. The van der Waals surface area contributed by atoms with Gasteiger partial charge in [-0.2, -0.15) is 0 Å². The zero-order chi connectivity index (χ0) is 17.3. The minimum absolute atomic E-state index is 0.108. The number of hydrogen-bond acceptors (Lipinski definition) is 3. The monoisotopic (exact) mass is 340 g/mol. The van der Waals surface area contributed by atoms with Gasteiger partial charge in [0.05, 0.1) is 0 Å². The number of carbonyl (C=O) groups excluding carboxylic acids is 2. The van der Waals surface area contributed by atoms with Gasteiger partial charge in [0.15, 0.2) is 0 Å². The van der Waals surface area contributed by atoms with Gasteiger partial charge in [-0.3, -0.25) is 9.59 Å². The van der Waals surface area contributed by atoms with Crippen molar-refractivity contribution in [3.05, 3.63) is 53.1 Å². The number of rotatable bonds is 3. The van der Waals surface area contributed by atoms with Gasteiger partial charge in [0.25, 0.3) is 5.91 Å². The molecule has 1 N–H and O–H groups in total. The van der Waals surface area contributed by atoms with Crippen molar-refractivity contribution in [1.82, 2.24) is 0 Å². The van der Waals surface area contributed by atoms with E-state index in [1.807, 2.05) is 49.6 Å². The normalized spacial score (nSPS) is 13.6. The molecule has 2 aromatic rings. The quantitative estimate of drug-likeness (QED) is 0.863. The first-order valence-electron chi connectivity index (χ1n) is 7.85. The summed E-state index contributed by atoms with van der Waals surface area (Å²) in [6, 6.07) is 11.6. The maximum absolute atomic E-state index is 12.6. The Kier molecular flexibility index (Phi) is 4.62. The van der Waals surface area contributed by atoms with Gasteiger partial charge in [-0.05, 0) is 61.1 Å². The second-order valence-corrected chi connectivity index (χ2v) is 6.81. The van der Waals surface area contributed by atoms with Crippen molar-refractivity contribution in [2.45, 2.75) is 24.7 Å². The number of fused-ring (bicyclic) bond motifs is 1. The van der Waals surface area contributed by atoms with Crippen LogP contribution in [0.25, 0.3) is 0 Å². The molecule has 0 saturated carbocycles. The van der Waals surface area contributed by atoms with Crippen LogP contribution in [0.5, 0.6) is 0 Å². The molecule has 24 heavy (non-hydrogen) atoms. The predicted molar refractivity (Wildman–Crippen MR) is 99.1 cm³/mol. The molecule has 1 heterocycles. The Hall–Kier alpha value is -2.27. The lowest BCUT2D eigenvalue weighted by molar-refractivity contribution is -0.118. The van der Waals surface area contributed by atoms with Crippen molar-refractivity contribution in [3.8, 4) is 0 Å². The molecule has 0 unspecified atom stereocenters. The highest BCUT2D eigenvalue weighted by Crippen LogP contribution is 2.29. The molecule has 4 nitrogen and oxygen atoms in total. The van der Waals surface area contributed by atoms with Crippen LogP contribution in [0, 0.1) is 6.92 Å². The first kappa shape index (κ1) is 16.6. The number of anilines is 2. The fourth-order valence-electron chi connectivity index (χ4n) is 2.91. The third-order valence-corrected chi connectivity index (χ3v) is 5.10. The van der Waals surface area contributed by atoms with Gasteiger partial charge in [0, 0.05) is 35.3 Å². The first-order chi connectivity index (χ1) is 11.5. The molecule has 0 atom stereocenters. The van der Waals surface area contributed by atoms with Crippen LogP contribution >= 0.6 is 11.8 Å². The van der Waals surface area contributed by atoms with E-state index in [1.54, 1.807) is 23.7 Å². The number of nitrogens with zero attached hydrogens (tertiary/aromatic N) is 1. The van der Waals surface area contributed by atoms with E-state index in [1.165, 1.54) is 0 Å². The fraction of sp³-hybridized carbons (Fsp3) is 0.263. The van der Waals surface area contributed by atoms with E-state index in [-0.39, 0.29) is 11.8 Å². The molecule has 0 fully saturated rings. The van der Waals surface area contributed by atoms with Gasteiger partial charge < -0.3 is 10.2 Å². The van der Waals surface area contributed by atoms with Crippen molar-refractivity contribution >= 4 is 35.0 Å². The molecule has 2 aromatic carbocycles. The standard InChI is InChI=1S/C19H20N2O2S/c1-12-4-7-15(24-3)11-16(12)19(23)20-14-6-8-17-13(10-14)5-9-18(22)21(17)2/h4,6-8,10-11H,5,9H2,1-3H3,(H,20,23). The second-order valence-electron chi connectivity index (χ2n) is 5.93. The van der Waals surface area contributed by atoms with Crippen molar-refractivity contribution in [2.75, 3.05) is 23.5 Å². The highest BCUT2D eigenvalue weighted by molar-refractivity contribution is 7.98. The van der Waals surface area contributed by atoms with Crippen LogP contribution in [-0.4, -0.2) is 25.1 Å². The molecule has 124 valence electrons. The summed E-state index contributed by atoms with van der Waals surface area (Å²) in [5, 5.41) is 2.97. The summed E-state index contributed by atoms with van der Waals surface area (Å²) in [7, 11) is 1.79. The minimum Gasteiger partial charge on any atom is -0.322 e. The lowest BCUT2D eigenvalue weighted by Crippen LogP contribution is -2.31. The largest absolute Gasteiger partial charge is 0.322 e. The number of thioether (sulfide) groups is 1. The van der Waals surface area contributed by atoms with Crippen LogP contribution in [0.3, 0.4) is 0 Å². The van der Waals surface area contributed by atoms with E-state index in [9.17, 15) is 9.59 Å². The molecule has 3 rings (SSSR count). The van der Waals surface area contributed by atoms with Crippen molar-refractivity contribution in [2.24, 2.45) is 0 Å². The molecule has 0 saturated heterocycles. The maximum atomic E-state index is 12.6. The predicted octanol–water partition coefficient (Wildman–Crippen LogP) is 3.88. The summed E-state index contributed by atoms with van der Waals surface area (Å²) in [5.74, 6) is 0.0207. The molecule has 0 bridgehead atoms. The summed E-state index contributed by atoms with van der Waals surface area (Å²) < 4.78 is 0. The summed E-state index contributed by atoms with van der Waals surface area (Å²) >= 11 is 1.62. The van der Waals surface area contributed by atoms with Gasteiger partial charge in [-0.25, -0.2) is 0 Å². The Balaban J connectivity index is 1.84. The average Bonchev–Trinajstić information content (AvgIpc) is 2.58. The summed E-state index contributed by atoms with van der Waals surface area (Å²) in [6.07, 6.45) is 3.21. The fourth-order valence-corrected chi connectivity index (χ4v) is 3.35. The van der Waals surface area contributed by atoms with E-state index >= 15 is 0 Å². The molecule has 5 heteroatoms. The Morgan fingerprint density at radius 3 is 2.71 bits per heavy atom. The van der Waals surface area contributed by atoms with Gasteiger partial charge in [-0.15, -0.1) is 11.8 Å².